The Morgan fingerprint density at radius 2 is 2.00 bits per heavy atom. The maximum absolute atomic E-state index is 12.4. The summed E-state index contributed by atoms with van der Waals surface area (Å²) >= 11 is 13.2. The van der Waals surface area contributed by atoms with Crippen LogP contribution in [0.5, 0.6) is 0 Å². The molecule has 3 aromatic rings. The second-order valence-corrected chi connectivity index (χ2v) is 6.81. The van der Waals surface area contributed by atoms with E-state index in [1.807, 2.05) is 0 Å². The standard InChI is InChI=1S/C15H12Cl2N6OS/c1-7-13(9(16)3-4-18-7)23-14(24)10-6-19-15(25-10)22-12-5-11(17)20-8(2)21-12/h3-6H,1-2H3,(H,23,24)(H,19,20,21,22). The Balaban J connectivity index is 1.75. The zero-order valence-corrected chi connectivity index (χ0v) is 15.5. The van der Waals surface area contributed by atoms with Crippen LogP contribution in [-0.4, -0.2) is 25.8 Å². The normalized spacial score (nSPS) is 10.6. The van der Waals surface area contributed by atoms with Crippen molar-refractivity contribution in [3.63, 3.8) is 0 Å². The summed E-state index contributed by atoms with van der Waals surface area (Å²) in [6, 6.07) is 3.19. The average molecular weight is 395 g/mol. The second kappa shape index (κ2) is 7.30. The van der Waals surface area contributed by atoms with Gasteiger partial charge >= 0.3 is 0 Å². The molecule has 0 unspecified atom stereocenters. The summed E-state index contributed by atoms with van der Waals surface area (Å²) in [5.41, 5.74) is 1.12. The van der Waals surface area contributed by atoms with E-state index in [1.54, 1.807) is 32.2 Å². The van der Waals surface area contributed by atoms with Crippen molar-refractivity contribution < 1.29 is 4.79 Å². The molecule has 3 aromatic heterocycles. The second-order valence-electron chi connectivity index (χ2n) is 4.99. The highest BCUT2D eigenvalue weighted by Gasteiger charge is 2.15. The number of nitrogens with one attached hydrogen (secondary N) is 2. The zero-order valence-electron chi connectivity index (χ0n) is 13.2. The Hall–Kier alpha value is -2.29. The van der Waals surface area contributed by atoms with Gasteiger partial charge in [0.05, 0.1) is 22.6 Å². The number of hydrogen-bond donors (Lipinski definition) is 2. The first-order valence-electron chi connectivity index (χ1n) is 7.09. The number of aryl methyl sites for hydroxylation is 2. The summed E-state index contributed by atoms with van der Waals surface area (Å²) in [5, 5.41) is 7.01. The molecule has 0 aliphatic heterocycles. The Labute approximate surface area is 157 Å². The van der Waals surface area contributed by atoms with Gasteiger partial charge in [-0.3, -0.25) is 9.78 Å². The molecule has 0 aromatic carbocycles. The molecule has 2 N–H and O–H groups in total. The van der Waals surface area contributed by atoms with E-state index >= 15 is 0 Å². The van der Waals surface area contributed by atoms with Crippen molar-refractivity contribution in [3.8, 4) is 0 Å². The maximum atomic E-state index is 12.4. The van der Waals surface area contributed by atoms with Gasteiger partial charge in [0, 0.05) is 12.3 Å². The number of halogens is 2. The Bertz CT molecular complexity index is 905. The van der Waals surface area contributed by atoms with E-state index < -0.39 is 0 Å². The van der Waals surface area contributed by atoms with Crippen LogP contribution in [-0.2, 0) is 0 Å². The molecule has 25 heavy (non-hydrogen) atoms. The highest BCUT2D eigenvalue weighted by atomic mass is 35.5. The number of carbonyl (C=O) groups excluding carboxylic acids is 1. The Morgan fingerprint density at radius 3 is 2.72 bits per heavy atom. The van der Waals surface area contributed by atoms with Crippen molar-refractivity contribution in [3.05, 3.63) is 51.1 Å². The quantitative estimate of drug-likeness (QED) is 0.642. The number of pyridine rings is 1. The average Bonchev–Trinajstić information content (AvgIpc) is 2.98. The fourth-order valence-corrected chi connectivity index (χ4v) is 3.19. The molecule has 0 saturated carbocycles. The molecule has 0 spiro atoms. The minimum Gasteiger partial charge on any atom is -0.318 e. The van der Waals surface area contributed by atoms with Gasteiger partial charge in [0.1, 0.15) is 21.7 Å². The monoisotopic (exact) mass is 394 g/mol. The molecule has 0 aliphatic rings. The van der Waals surface area contributed by atoms with Crippen LogP contribution in [0, 0.1) is 13.8 Å². The van der Waals surface area contributed by atoms with E-state index in [0.29, 0.717) is 43.2 Å². The first-order valence-corrected chi connectivity index (χ1v) is 8.66. The van der Waals surface area contributed by atoms with Crippen molar-refractivity contribution in [2.24, 2.45) is 0 Å². The van der Waals surface area contributed by atoms with Crippen LogP contribution in [0.3, 0.4) is 0 Å². The zero-order chi connectivity index (χ0) is 18.0. The molecule has 3 rings (SSSR count). The van der Waals surface area contributed by atoms with E-state index in [-0.39, 0.29) is 5.91 Å². The maximum Gasteiger partial charge on any atom is 0.267 e. The van der Waals surface area contributed by atoms with E-state index in [9.17, 15) is 4.79 Å². The highest BCUT2D eigenvalue weighted by Crippen LogP contribution is 2.27. The van der Waals surface area contributed by atoms with Gasteiger partial charge in [0.25, 0.3) is 5.91 Å². The van der Waals surface area contributed by atoms with Crippen LogP contribution >= 0.6 is 34.5 Å². The van der Waals surface area contributed by atoms with E-state index in [4.69, 9.17) is 23.2 Å². The van der Waals surface area contributed by atoms with Gasteiger partial charge in [-0.1, -0.05) is 34.5 Å². The molecule has 10 heteroatoms. The Kier molecular flexibility index (Phi) is 5.12. The molecule has 0 atom stereocenters. The lowest BCUT2D eigenvalue weighted by atomic mass is 10.3. The van der Waals surface area contributed by atoms with Crippen molar-refractivity contribution in [2.45, 2.75) is 13.8 Å². The molecular weight excluding hydrogens is 383 g/mol. The fraction of sp³-hybridized carbons (Fsp3) is 0.133. The first kappa shape index (κ1) is 17.5. The van der Waals surface area contributed by atoms with Crippen molar-refractivity contribution >= 4 is 57.1 Å². The summed E-state index contributed by atoms with van der Waals surface area (Å²) in [4.78, 5) is 29.3. The molecule has 0 bridgehead atoms. The molecular formula is C15H12Cl2N6OS. The van der Waals surface area contributed by atoms with Gasteiger partial charge in [-0.15, -0.1) is 0 Å². The number of aromatic nitrogens is 4. The van der Waals surface area contributed by atoms with Crippen molar-refractivity contribution in [1.82, 2.24) is 19.9 Å². The van der Waals surface area contributed by atoms with Gasteiger partial charge in [-0.05, 0) is 19.9 Å². The van der Waals surface area contributed by atoms with Crippen LogP contribution in [0.2, 0.25) is 10.2 Å². The molecule has 0 aliphatic carbocycles. The predicted molar refractivity (Wildman–Crippen MR) is 99.1 cm³/mol. The number of thiazole rings is 1. The third kappa shape index (κ3) is 4.22. The van der Waals surface area contributed by atoms with Crippen LogP contribution in [0.4, 0.5) is 16.6 Å². The van der Waals surface area contributed by atoms with Gasteiger partial charge in [-0.2, -0.15) is 0 Å². The van der Waals surface area contributed by atoms with Gasteiger partial charge in [0.15, 0.2) is 5.13 Å². The molecule has 0 saturated heterocycles. The predicted octanol–water partition coefficient (Wildman–Crippen LogP) is 4.25. The molecule has 1 amide bonds. The third-order valence-corrected chi connectivity index (χ3v) is 4.52. The van der Waals surface area contributed by atoms with Crippen LogP contribution in [0.15, 0.2) is 24.5 Å². The molecule has 7 nitrogen and oxygen atoms in total. The third-order valence-electron chi connectivity index (χ3n) is 3.10. The molecule has 3 heterocycles. The molecule has 128 valence electrons. The van der Waals surface area contributed by atoms with Gasteiger partial charge in [-0.25, -0.2) is 15.0 Å². The summed E-state index contributed by atoms with van der Waals surface area (Å²) < 4.78 is 0. The lowest BCUT2D eigenvalue weighted by Gasteiger charge is -2.08. The van der Waals surface area contributed by atoms with E-state index in [1.165, 1.54) is 17.5 Å². The van der Waals surface area contributed by atoms with Crippen LogP contribution < -0.4 is 10.6 Å². The van der Waals surface area contributed by atoms with Crippen molar-refractivity contribution in [1.29, 1.82) is 0 Å². The van der Waals surface area contributed by atoms with E-state index in [0.717, 1.165) is 0 Å². The fourth-order valence-electron chi connectivity index (χ4n) is 2.00. The first-order chi connectivity index (χ1) is 11.9. The largest absolute Gasteiger partial charge is 0.318 e. The summed E-state index contributed by atoms with van der Waals surface area (Å²) in [7, 11) is 0. The summed E-state index contributed by atoms with van der Waals surface area (Å²) in [6.45, 7) is 3.50. The topological polar surface area (TPSA) is 92.7 Å². The highest BCUT2D eigenvalue weighted by molar-refractivity contribution is 7.17. The summed E-state index contributed by atoms with van der Waals surface area (Å²) in [5.74, 6) is 0.719. The van der Waals surface area contributed by atoms with Crippen LogP contribution in [0.1, 0.15) is 21.2 Å². The van der Waals surface area contributed by atoms with Gasteiger partial charge < -0.3 is 10.6 Å². The molecule has 0 radical (unpaired) electrons. The number of rotatable bonds is 4. The molecule has 0 fully saturated rings. The Morgan fingerprint density at radius 1 is 1.20 bits per heavy atom. The SMILES string of the molecule is Cc1nc(Cl)cc(Nc2ncc(C(=O)Nc3c(Cl)ccnc3C)s2)n1. The number of hydrogen-bond acceptors (Lipinski definition) is 7. The lowest BCUT2D eigenvalue weighted by Crippen LogP contribution is -2.12. The number of anilines is 3. The van der Waals surface area contributed by atoms with Crippen LogP contribution in [0.25, 0.3) is 0 Å². The lowest BCUT2D eigenvalue weighted by molar-refractivity contribution is 0.103. The minimum atomic E-state index is -0.319. The minimum absolute atomic E-state index is 0.319. The van der Waals surface area contributed by atoms with Gasteiger partial charge in [0.2, 0.25) is 0 Å². The smallest absolute Gasteiger partial charge is 0.267 e. The van der Waals surface area contributed by atoms with E-state index in [2.05, 4.69) is 30.6 Å². The van der Waals surface area contributed by atoms with Crippen molar-refractivity contribution in [2.75, 3.05) is 10.6 Å². The number of carbonyl (C=O) groups is 1. The number of amides is 1. The number of nitrogens with zero attached hydrogens (tertiary/aromatic N) is 4. The summed E-state index contributed by atoms with van der Waals surface area (Å²) in [6.07, 6.45) is 3.05.